The SMILES string of the molecule is O=C(O)CNN=Nc1ccc(S(=O)(=O)O)cc1S(=O)(=O)O. The molecule has 0 fully saturated rings. The number of carbonyl (C=O) groups is 1. The van der Waals surface area contributed by atoms with Crippen molar-refractivity contribution in [2.45, 2.75) is 9.79 Å². The monoisotopic (exact) mass is 339 g/mol. The highest BCUT2D eigenvalue weighted by Gasteiger charge is 2.20. The van der Waals surface area contributed by atoms with Crippen molar-refractivity contribution in [3.8, 4) is 0 Å². The summed E-state index contributed by atoms with van der Waals surface area (Å²) in [5, 5.41) is 14.8. The average Bonchev–Trinajstić information content (AvgIpc) is 2.32. The Morgan fingerprint density at radius 2 is 1.76 bits per heavy atom. The fourth-order valence-electron chi connectivity index (χ4n) is 1.14. The van der Waals surface area contributed by atoms with Crippen LogP contribution in [-0.4, -0.2) is 43.6 Å². The van der Waals surface area contributed by atoms with Gasteiger partial charge in [0.1, 0.15) is 17.1 Å². The third kappa shape index (κ3) is 5.07. The Labute approximate surface area is 118 Å². The van der Waals surface area contributed by atoms with Gasteiger partial charge < -0.3 is 5.11 Å². The summed E-state index contributed by atoms with van der Waals surface area (Å²) >= 11 is 0. The van der Waals surface area contributed by atoms with Crippen molar-refractivity contribution in [2.75, 3.05) is 6.54 Å². The zero-order chi connectivity index (χ0) is 16.3. The summed E-state index contributed by atoms with van der Waals surface area (Å²) in [5.41, 5.74) is 1.52. The van der Waals surface area contributed by atoms with E-state index in [1.165, 1.54) is 0 Å². The van der Waals surface area contributed by atoms with Crippen LogP contribution in [0.1, 0.15) is 0 Å². The predicted molar refractivity (Wildman–Crippen MR) is 66.2 cm³/mol. The lowest BCUT2D eigenvalue weighted by atomic mass is 10.3. The molecular formula is C8H9N3O8S2. The van der Waals surface area contributed by atoms with E-state index in [9.17, 15) is 21.6 Å². The molecule has 0 saturated heterocycles. The zero-order valence-corrected chi connectivity index (χ0v) is 11.7. The summed E-state index contributed by atoms with van der Waals surface area (Å²) in [4.78, 5) is 8.51. The van der Waals surface area contributed by atoms with Crippen molar-refractivity contribution in [3.63, 3.8) is 0 Å². The van der Waals surface area contributed by atoms with Crippen molar-refractivity contribution in [1.29, 1.82) is 0 Å². The highest BCUT2D eigenvalue weighted by Crippen LogP contribution is 2.27. The largest absolute Gasteiger partial charge is 0.480 e. The average molecular weight is 339 g/mol. The van der Waals surface area contributed by atoms with Crippen LogP contribution in [0.25, 0.3) is 0 Å². The van der Waals surface area contributed by atoms with Crippen LogP contribution < -0.4 is 5.43 Å². The molecule has 0 aliphatic heterocycles. The fraction of sp³-hybridized carbons (Fsp3) is 0.125. The van der Waals surface area contributed by atoms with E-state index in [0.717, 1.165) is 12.1 Å². The van der Waals surface area contributed by atoms with Gasteiger partial charge in [-0.2, -0.15) is 16.8 Å². The maximum Gasteiger partial charge on any atom is 0.324 e. The second-order valence-corrected chi connectivity index (χ2v) is 6.32. The summed E-state index contributed by atoms with van der Waals surface area (Å²) in [6.45, 7) is -0.589. The van der Waals surface area contributed by atoms with E-state index in [4.69, 9.17) is 14.2 Å². The summed E-state index contributed by atoms with van der Waals surface area (Å²) < 4.78 is 61.9. The van der Waals surface area contributed by atoms with E-state index in [1.54, 1.807) is 0 Å². The van der Waals surface area contributed by atoms with Crippen LogP contribution in [0.2, 0.25) is 0 Å². The number of nitrogens with one attached hydrogen (secondary N) is 1. The highest BCUT2D eigenvalue weighted by atomic mass is 32.2. The number of benzene rings is 1. The van der Waals surface area contributed by atoms with Crippen LogP contribution in [0.15, 0.2) is 38.3 Å². The van der Waals surface area contributed by atoms with Crippen molar-refractivity contribution in [3.05, 3.63) is 18.2 Å². The van der Waals surface area contributed by atoms with Gasteiger partial charge in [0.05, 0.1) is 4.90 Å². The lowest BCUT2D eigenvalue weighted by molar-refractivity contribution is -0.135. The van der Waals surface area contributed by atoms with E-state index in [-0.39, 0.29) is 0 Å². The summed E-state index contributed by atoms with van der Waals surface area (Å²) in [5.74, 6) is -1.24. The predicted octanol–water partition coefficient (Wildman–Crippen LogP) is -0.147. The molecule has 1 rings (SSSR count). The van der Waals surface area contributed by atoms with Crippen LogP contribution in [-0.2, 0) is 25.0 Å². The van der Waals surface area contributed by atoms with Gasteiger partial charge in [0.15, 0.2) is 0 Å². The lowest BCUT2D eigenvalue weighted by Crippen LogP contribution is -2.16. The second-order valence-electron chi connectivity index (χ2n) is 3.51. The maximum atomic E-state index is 11.1. The van der Waals surface area contributed by atoms with E-state index in [2.05, 4.69) is 10.3 Å². The van der Waals surface area contributed by atoms with Crippen LogP contribution >= 0.6 is 0 Å². The first kappa shape index (κ1) is 17.0. The number of carboxylic acids is 1. The number of rotatable bonds is 6. The summed E-state index contributed by atoms with van der Waals surface area (Å²) in [6.07, 6.45) is 0. The first-order chi connectivity index (χ1) is 9.51. The van der Waals surface area contributed by atoms with Gasteiger partial charge in [-0.05, 0) is 18.2 Å². The Balaban J connectivity index is 3.24. The van der Waals surface area contributed by atoms with Crippen LogP contribution in [0.4, 0.5) is 5.69 Å². The molecule has 0 aromatic heterocycles. The molecule has 0 spiro atoms. The molecule has 0 radical (unpaired) electrons. The topological polar surface area (TPSA) is 183 Å². The van der Waals surface area contributed by atoms with Crippen molar-refractivity contribution >= 4 is 31.9 Å². The molecule has 0 unspecified atom stereocenters. The first-order valence-electron chi connectivity index (χ1n) is 4.96. The van der Waals surface area contributed by atoms with Gasteiger partial charge >= 0.3 is 5.97 Å². The van der Waals surface area contributed by atoms with Gasteiger partial charge in [-0.1, -0.05) is 5.22 Å². The minimum atomic E-state index is -4.84. The molecule has 0 saturated carbocycles. The van der Waals surface area contributed by atoms with Gasteiger partial charge in [0.2, 0.25) is 0 Å². The normalized spacial score (nSPS) is 12.5. The van der Waals surface area contributed by atoms with Crippen molar-refractivity contribution in [1.82, 2.24) is 5.43 Å². The standard InChI is InChI=1S/C8H9N3O8S2/c12-8(13)4-9-11-10-6-2-1-5(20(14,15)16)3-7(6)21(17,18)19/h1-3H,4H2,(H,9,10)(H,12,13)(H,14,15,16)(H,17,18,19). The molecule has 11 nitrogen and oxygen atoms in total. The number of aliphatic carboxylic acids is 1. The molecule has 116 valence electrons. The Morgan fingerprint density at radius 3 is 2.24 bits per heavy atom. The molecule has 4 N–H and O–H groups in total. The molecule has 0 atom stereocenters. The molecule has 21 heavy (non-hydrogen) atoms. The van der Waals surface area contributed by atoms with E-state index >= 15 is 0 Å². The Kier molecular flexibility index (Phi) is 4.95. The zero-order valence-electron chi connectivity index (χ0n) is 10.0. The van der Waals surface area contributed by atoms with Gasteiger partial charge in [-0.25, -0.2) is 0 Å². The number of carboxylic acid groups (broad SMARTS) is 1. The summed E-state index contributed by atoms with van der Waals surface area (Å²) in [6, 6.07) is 2.17. The maximum absolute atomic E-state index is 11.1. The fourth-order valence-corrected chi connectivity index (χ4v) is 2.37. The molecule has 1 aromatic rings. The number of hydrogen-bond donors (Lipinski definition) is 4. The van der Waals surface area contributed by atoms with Crippen LogP contribution in [0, 0.1) is 0 Å². The molecule has 0 bridgehead atoms. The van der Waals surface area contributed by atoms with Gasteiger partial charge in [0.25, 0.3) is 20.2 Å². The van der Waals surface area contributed by atoms with E-state index in [0.29, 0.717) is 6.07 Å². The van der Waals surface area contributed by atoms with Crippen LogP contribution in [0.3, 0.4) is 0 Å². The smallest absolute Gasteiger partial charge is 0.324 e. The van der Waals surface area contributed by atoms with Crippen molar-refractivity contribution < 1.29 is 35.8 Å². The van der Waals surface area contributed by atoms with Gasteiger partial charge in [-0.3, -0.25) is 19.3 Å². The highest BCUT2D eigenvalue weighted by molar-refractivity contribution is 7.86. The quantitative estimate of drug-likeness (QED) is 0.311. The minimum Gasteiger partial charge on any atom is -0.480 e. The summed E-state index contributed by atoms with van der Waals surface area (Å²) in [7, 11) is -9.52. The molecule has 1 aromatic carbocycles. The lowest BCUT2D eigenvalue weighted by Gasteiger charge is -2.04. The van der Waals surface area contributed by atoms with E-state index in [1.807, 2.05) is 5.43 Å². The minimum absolute atomic E-state index is 0.456. The first-order valence-corrected chi connectivity index (χ1v) is 7.84. The Bertz CT molecular complexity index is 784. The number of nitrogens with zero attached hydrogens (tertiary/aromatic N) is 2. The molecular weight excluding hydrogens is 330 g/mol. The van der Waals surface area contributed by atoms with Crippen LogP contribution in [0.5, 0.6) is 0 Å². The molecule has 0 aliphatic rings. The Hall–Kier alpha value is -2.09. The molecule has 0 aliphatic carbocycles. The van der Waals surface area contributed by atoms with Gasteiger partial charge in [-0.15, -0.1) is 5.11 Å². The van der Waals surface area contributed by atoms with E-state index < -0.39 is 48.2 Å². The molecule has 0 amide bonds. The third-order valence-corrected chi connectivity index (χ3v) is 3.70. The second kappa shape index (κ2) is 6.13. The van der Waals surface area contributed by atoms with Crippen molar-refractivity contribution in [2.24, 2.45) is 10.3 Å². The number of hydrogen-bond acceptors (Lipinski definition) is 7. The van der Waals surface area contributed by atoms with Gasteiger partial charge in [0, 0.05) is 0 Å². The third-order valence-electron chi connectivity index (χ3n) is 1.97. The Morgan fingerprint density at radius 1 is 1.14 bits per heavy atom. The molecule has 0 heterocycles. The molecule has 13 heteroatoms.